The Morgan fingerprint density at radius 1 is 1.21 bits per heavy atom. The van der Waals surface area contributed by atoms with Crippen LogP contribution in [0.3, 0.4) is 0 Å². The van der Waals surface area contributed by atoms with Crippen LogP contribution in [0.5, 0.6) is 0 Å². The molecular weight excluding hydrogens is 262 g/mol. The van der Waals surface area contributed by atoms with Crippen LogP contribution in [0.4, 0.5) is 5.69 Å². The lowest BCUT2D eigenvalue weighted by molar-refractivity contribution is 0.0697. The van der Waals surface area contributed by atoms with Crippen molar-refractivity contribution in [1.29, 1.82) is 0 Å². The number of carbonyl (C=O) groups is 1. The van der Waals surface area contributed by atoms with E-state index in [9.17, 15) is 9.90 Å². The summed E-state index contributed by atoms with van der Waals surface area (Å²) in [4.78, 5) is 13.7. The molecule has 0 aliphatic heterocycles. The molecule has 3 nitrogen and oxygen atoms in total. The first-order valence-corrected chi connectivity index (χ1v) is 7.29. The molecular formula is C15H18ClNO2. The average Bonchev–Trinajstić information content (AvgIpc) is 3.22. The van der Waals surface area contributed by atoms with Crippen molar-refractivity contribution < 1.29 is 9.90 Å². The van der Waals surface area contributed by atoms with E-state index in [0.29, 0.717) is 5.02 Å². The van der Waals surface area contributed by atoms with Crippen LogP contribution in [0.2, 0.25) is 5.02 Å². The van der Waals surface area contributed by atoms with Crippen LogP contribution in [0.1, 0.15) is 36.0 Å². The van der Waals surface area contributed by atoms with Gasteiger partial charge in [0.2, 0.25) is 0 Å². The highest BCUT2D eigenvalue weighted by atomic mass is 35.5. The van der Waals surface area contributed by atoms with E-state index in [1.165, 1.54) is 25.7 Å². The number of hydrogen-bond donors (Lipinski definition) is 1. The van der Waals surface area contributed by atoms with Crippen LogP contribution >= 0.6 is 11.6 Å². The number of carboxylic acids is 1. The maximum Gasteiger partial charge on any atom is 0.339 e. The van der Waals surface area contributed by atoms with Gasteiger partial charge in [-0.3, -0.25) is 0 Å². The zero-order chi connectivity index (χ0) is 13.4. The summed E-state index contributed by atoms with van der Waals surface area (Å²) in [6.07, 6.45) is 5.07. The van der Waals surface area contributed by atoms with E-state index in [1.54, 1.807) is 6.07 Å². The molecule has 102 valence electrons. The van der Waals surface area contributed by atoms with E-state index in [-0.39, 0.29) is 5.56 Å². The fraction of sp³-hybridized carbons (Fsp3) is 0.533. The van der Waals surface area contributed by atoms with Gasteiger partial charge in [-0.05, 0) is 49.7 Å². The second-order valence-corrected chi connectivity index (χ2v) is 6.14. The minimum absolute atomic E-state index is 0.255. The first-order valence-electron chi connectivity index (χ1n) is 6.92. The predicted octanol–water partition coefficient (Wildman–Crippen LogP) is 3.66. The van der Waals surface area contributed by atoms with E-state index in [2.05, 4.69) is 4.90 Å². The molecule has 0 aromatic heterocycles. The first kappa shape index (κ1) is 12.8. The summed E-state index contributed by atoms with van der Waals surface area (Å²) >= 11 is 6.07. The second-order valence-electron chi connectivity index (χ2n) is 5.73. The lowest BCUT2D eigenvalue weighted by atomic mass is 10.1. The average molecular weight is 280 g/mol. The first-order chi connectivity index (χ1) is 9.15. The van der Waals surface area contributed by atoms with Crippen LogP contribution in [0.25, 0.3) is 0 Å². The maximum atomic E-state index is 11.4. The standard InChI is InChI=1S/C15H18ClNO2/c16-12-2-1-3-13(14(12)15(18)19)17(8-10-4-5-10)9-11-6-7-11/h1-3,10-11H,4-9H2,(H,18,19). The lowest BCUT2D eigenvalue weighted by Gasteiger charge is -2.26. The molecule has 2 fully saturated rings. The van der Waals surface area contributed by atoms with Crippen LogP contribution in [-0.4, -0.2) is 24.2 Å². The van der Waals surface area contributed by atoms with Crippen molar-refractivity contribution in [3.05, 3.63) is 28.8 Å². The summed E-state index contributed by atoms with van der Waals surface area (Å²) < 4.78 is 0. The Morgan fingerprint density at radius 2 is 1.79 bits per heavy atom. The van der Waals surface area contributed by atoms with Crippen molar-refractivity contribution in [2.75, 3.05) is 18.0 Å². The molecule has 0 spiro atoms. The zero-order valence-corrected chi connectivity index (χ0v) is 11.6. The third-order valence-electron chi connectivity index (χ3n) is 3.90. The summed E-state index contributed by atoms with van der Waals surface area (Å²) in [6.45, 7) is 1.94. The molecule has 19 heavy (non-hydrogen) atoms. The van der Waals surface area contributed by atoms with Gasteiger partial charge in [0.25, 0.3) is 0 Å². The molecule has 2 aliphatic carbocycles. The predicted molar refractivity (Wildman–Crippen MR) is 76.1 cm³/mol. The number of hydrogen-bond acceptors (Lipinski definition) is 2. The molecule has 0 bridgehead atoms. The van der Waals surface area contributed by atoms with Gasteiger partial charge in [0, 0.05) is 13.1 Å². The fourth-order valence-electron chi connectivity index (χ4n) is 2.48. The van der Waals surface area contributed by atoms with Crippen LogP contribution < -0.4 is 4.90 Å². The van der Waals surface area contributed by atoms with Crippen molar-refractivity contribution in [2.24, 2.45) is 11.8 Å². The third-order valence-corrected chi connectivity index (χ3v) is 4.21. The molecule has 1 aromatic carbocycles. The number of nitrogens with zero attached hydrogens (tertiary/aromatic N) is 1. The van der Waals surface area contributed by atoms with Gasteiger partial charge in [-0.2, -0.15) is 0 Å². The minimum atomic E-state index is -0.933. The zero-order valence-electron chi connectivity index (χ0n) is 10.8. The van der Waals surface area contributed by atoms with Crippen molar-refractivity contribution in [3.63, 3.8) is 0 Å². The molecule has 0 heterocycles. The van der Waals surface area contributed by atoms with Gasteiger partial charge in [-0.15, -0.1) is 0 Å². The molecule has 0 unspecified atom stereocenters. The van der Waals surface area contributed by atoms with Gasteiger partial charge in [0.05, 0.1) is 10.7 Å². The Hall–Kier alpha value is -1.22. The summed E-state index contributed by atoms with van der Waals surface area (Å²) in [6, 6.07) is 5.39. The van der Waals surface area contributed by atoms with Crippen molar-refractivity contribution in [1.82, 2.24) is 0 Å². The van der Waals surface area contributed by atoms with Crippen molar-refractivity contribution >= 4 is 23.3 Å². The fourth-order valence-corrected chi connectivity index (χ4v) is 2.73. The minimum Gasteiger partial charge on any atom is -0.478 e. The normalized spacial score (nSPS) is 18.4. The quantitative estimate of drug-likeness (QED) is 0.864. The van der Waals surface area contributed by atoms with Gasteiger partial charge in [0.15, 0.2) is 0 Å². The van der Waals surface area contributed by atoms with E-state index in [1.807, 2.05) is 12.1 Å². The second kappa shape index (κ2) is 5.04. The molecule has 0 amide bonds. The molecule has 4 heteroatoms. The summed E-state index contributed by atoms with van der Waals surface area (Å²) in [5.74, 6) is 0.538. The molecule has 3 rings (SSSR count). The highest BCUT2D eigenvalue weighted by Crippen LogP contribution is 2.37. The topological polar surface area (TPSA) is 40.5 Å². The highest BCUT2D eigenvalue weighted by molar-refractivity contribution is 6.34. The number of rotatable bonds is 6. The molecule has 0 radical (unpaired) electrons. The van der Waals surface area contributed by atoms with Crippen molar-refractivity contribution in [3.8, 4) is 0 Å². The summed E-state index contributed by atoms with van der Waals surface area (Å²) in [7, 11) is 0. The van der Waals surface area contributed by atoms with Crippen LogP contribution in [0, 0.1) is 11.8 Å². The molecule has 1 N–H and O–H groups in total. The molecule has 0 atom stereocenters. The number of halogens is 1. The summed E-state index contributed by atoms with van der Waals surface area (Å²) in [5, 5.41) is 9.72. The molecule has 2 aliphatic rings. The van der Waals surface area contributed by atoms with E-state index >= 15 is 0 Å². The summed E-state index contributed by atoms with van der Waals surface area (Å²) in [5.41, 5.74) is 1.05. The number of anilines is 1. The molecule has 1 aromatic rings. The Labute approximate surface area is 118 Å². The lowest BCUT2D eigenvalue weighted by Crippen LogP contribution is -2.29. The maximum absolute atomic E-state index is 11.4. The van der Waals surface area contributed by atoms with Crippen molar-refractivity contribution in [2.45, 2.75) is 25.7 Å². The number of aromatic carboxylic acids is 1. The number of benzene rings is 1. The van der Waals surface area contributed by atoms with E-state index < -0.39 is 5.97 Å². The SMILES string of the molecule is O=C(O)c1c(Cl)cccc1N(CC1CC1)CC1CC1. The third kappa shape index (κ3) is 3.03. The Bertz CT molecular complexity index is 481. The van der Waals surface area contributed by atoms with Crippen LogP contribution in [0.15, 0.2) is 18.2 Å². The van der Waals surface area contributed by atoms with Gasteiger partial charge < -0.3 is 10.0 Å². The Morgan fingerprint density at radius 3 is 2.26 bits per heavy atom. The van der Waals surface area contributed by atoms with Gasteiger partial charge in [-0.1, -0.05) is 17.7 Å². The number of carboxylic acid groups (broad SMARTS) is 1. The molecule has 2 saturated carbocycles. The van der Waals surface area contributed by atoms with Crippen LogP contribution in [-0.2, 0) is 0 Å². The highest BCUT2D eigenvalue weighted by Gasteiger charge is 2.31. The monoisotopic (exact) mass is 279 g/mol. The smallest absolute Gasteiger partial charge is 0.339 e. The van der Waals surface area contributed by atoms with E-state index in [4.69, 9.17) is 11.6 Å². The largest absolute Gasteiger partial charge is 0.478 e. The van der Waals surface area contributed by atoms with Gasteiger partial charge in [0.1, 0.15) is 5.56 Å². The van der Waals surface area contributed by atoms with E-state index in [0.717, 1.165) is 30.6 Å². The van der Waals surface area contributed by atoms with Gasteiger partial charge >= 0.3 is 5.97 Å². The molecule has 0 saturated heterocycles. The van der Waals surface area contributed by atoms with Gasteiger partial charge in [-0.25, -0.2) is 4.79 Å². The Balaban J connectivity index is 1.90. The Kier molecular flexibility index (Phi) is 3.40.